The van der Waals surface area contributed by atoms with Crippen molar-refractivity contribution >= 4 is 11.9 Å². The SMILES string of the molecule is C(=N\c1ccc(-c2ccncc2)cc1)/c1ccc(-n2ccnc2)cc1. The molecule has 0 aliphatic rings. The van der Waals surface area contributed by atoms with E-state index >= 15 is 0 Å². The Balaban J connectivity index is 1.48. The van der Waals surface area contributed by atoms with Crippen molar-refractivity contribution in [1.29, 1.82) is 0 Å². The zero-order valence-electron chi connectivity index (χ0n) is 13.5. The van der Waals surface area contributed by atoms with Crippen molar-refractivity contribution in [2.45, 2.75) is 0 Å². The summed E-state index contributed by atoms with van der Waals surface area (Å²) in [4.78, 5) is 12.7. The van der Waals surface area contributed by atoms with Crippen molar-refractivity contribution in [3.8, 4) is 16.8 Å². The van der Waals surface area contributed by atoms with E-state index in [1.807, 2.05) is 53.4 Å². The highest BCUT2D eigenvalue weighted by Crippen LogP contribution is 2.22. The molecule has 2 aromatic heterocycles. The van der Waals surface area contributed by atoms with Gasteiger partial charge < -0.3 is 4.57 Å². The van der Waals surface area contributed by atoms with Crippen LogP contribution in [0.15, 0.2) is 96.8 Å². The Hall–Kier alpha value is -3.53. The summed E-state index contributed by atoms with van der Waals surface area (Å²) < 4.78 is 1.97. The van der Waals surface area contributed by atoms with Gasteiger partial charge in [-0.25, -0.2) is 4.98 Å². The van der Waals surface area contributed by atoms with Crippen molar-refractivity contribution in [1.82, 2.24) is 14.5 Å². The van der Waals surface area contributed by atoms with Gasteiger partial charge in [0.15, 0.2) is 0 Å². The molecule has 0 spiro atoms. The van der Waals surface area contributed by atoms with E-state index in [4.69, 9.17) is 0 Å². The molecule has 2 aromatic carbocycles. The summed E-state index contributed by atoms with van der Waals surface area (Å²) in [5.41, 5.74) is 5.38. The van der Waals surface area contributed by atoms with E-state index in [2.05, 4.69) is 39.2 Å². The van der Waals surface area contributed by atoms with Crippen LogP contribution in [0, 0.1) is 0 Å². The smallest absolute Gasteiger partial charge is 0.0991 e. The minimum absolute atomic E-state index is 0.927. The fourth-order valence-electron chi connectivity index (χ4n) is 2.58. The molecule has 4 heteroatoms. The van der Waals surface area contributed by atoms with Crippen molar-refractivity contribution < 1.29 is 0 Å². The Morgan fingerprint density at radius 1 is 0.720 bits per heavy atom. The molecule has 0 N–H and O–H groups in total. The van der Waals surface area contributed by atoms with Crippen LogP contribution in [0.3, 0.4) is 0 Å². The number of aromatic nitrogens is 3. The first-order valence-electron chi connectivity index (χ1n) is 8.01. The molecule has 0 atom stereocenters. The molecule has 25 heavy (non-hydrogen) atoms. The average molecular weight is 324 g/mol. The third-order valence-electron chi connectivity index (χ3n) is 3.94. The van der Waals surface area contributed by atoms with Crippen molar-refractivity contribution in [3.05, 3.63) is 97.3 Å². The van der Waals surface area contributed by atoms with Gasteiger partial charge in [0, 0.05) is 36.7 Å². The molecule has 0 aliphatic carbocycles. The van der Waals surface area contributed by atoms with E-state index in [-0.39, 0.29) is 0 Å². The Morgan fingerprint density at radius 2 is 1.44 bits per heavy atom. The van der Waals surface area contributed by atoms with E-state index in [1.54, 1.807) is 24.9 Å². The minimum atomic E-state index is 0.927. The van der Waals surface area contributed by atoms with E-state index in [1.165, 1.54) is 0 Å². The average Bonchev–Trinajstić information content (AvgIpc) is 3.23. The van der Waals surface area contributed by atoms with Gasteiger partial charge in [0.25, 0.3) is 0 Å². The molecule has 4 aromatic rings. The molecule has 0 unspecified atom stereocenters. The van der Waals surface area contributed by atoms with E-state index in [9.17, 15) is 0 Å². The van der Waals surface area contributed by atoms with Gasteiger partial charge >= 0.3 is 0 Å². The van der Waals surface area contributed by atoms with Gasteiger partial charge in [-0.2, -0.15) is 0 Å². The highest BCUT2D eigenvalue weighted by Gasteiger charge is 1.97. The maximum Gasteiger partial charge on any atom is 0.0991 e. The van der Waals surface area contributed by atoms with E-state index in [0.29, 0.717) is 0 Å². The Bertz CT molecular complexity index is 955. The van der Waals surface area contributed by atoms with Gasteiger partial charge in [-0.1, -0.05) is 24.3 Å². The number of pyridine rings is 1. The van der Waals surface area contributed by atoms with Crippen molar-refractivity contribution in [2.75, 3.05) is 0 Å². The number of hydrogen-bond donors (Lipinski definition) is 0. The molecule has 0 radical (unpaired) electrons. The van der Waals surface area contributed by atoms with Gasteiger partial charge in [-0.05, 0) is 53.1 Å². The van der Waals surface area contributed by atoms with Crippen LogP contribution in [-0.2, 0) is 0 Å². The number of nitrogens with zero attached hydrogens (tertiary/aromatic N) is 4. The topological polar surface area (TPSA) is 43.1 Å². The van der Waals surface area contributed by atoms with Crippen LogP contribution in [0.25, 0.3) is 16.8 Å². The summed E-state index contributed by atoms with van der Waals surface area (Å²) in [6.07, 6.45) is 11.0. The maximum absolute atomic E-state index is 4.55. The summed E-state index contributed by atoms with van der Waals surface area (Å²) in [5, 5.41) is 0. The lowest BCUT2D eigenvalue weighted by Crippen LogP contribution is -1.90. The molecule has 2 heterocycles. The third-order valence-corrected chi connectivity index (χ3v) is 3.94. The zero-order valence-corrected chi connectivity index (χ0v) is 13.5. The van der Waals surface area contributed by atoms with Crippen LogP contribution in [0.5, 0.6) is 0 Å². The monoisotopic (exact) mass is 324 g/mol. The summed E-state index contributed by atoms with van der Waals surface area (Å²) in [6, 6.07) is 20.4. The molecule has 120 valence electrons. The molecule has 0 bridgehead atoms. The molecule has 4 rings (SSSR count). The number of aliphatic imine (C=N–C) groups is 1. The second kappa shape index (κ2) is 6.93. The number of rotatable bonds is 4. The van der Waals surface area contributed by atoms with Crippen molar-refractivity contribution in [2.24, 2.45) is 4.99 Å². The molecule has 0 aliphatic heterocycles. The summed E-state index contributed by atoms with van der Waals surface area (Å²) in [7, 11) is 0. The molecular weight excluding hydrogens is 308 g/mol. The number of imidazole rings is 1. The fourth-order valence-corrected chi connectivity index (χ4v) is 2.58. The van der Waals surface area contributed by atoms with E-state index < -0.39 is 0 Å². The molecule has 0 fully saturated rings. The zero-order chi connectivity index (χ0) is 16.9. The third kappa shape index (κ3) is 3.53. The lowest BCUT2D eigenvalue weighted by Gasteiger charge is -2.02. The summed E-state index contributed by atoms with van der Waals surface area (Å²) in [5.74, 6) is 0. The van der Waals surface area contributed by atoms with Crippen LogP contribution < -0.4 is 0 Å². The second-order valence-electron chi connectivity index (χ2n) is 5.60. The minimum Gasteiger partial charge on any atom is -0.306 e. The Kier molecular flexibility index (Phi) is 4.16. The standard InChI is InChI=1S/C21H16N4/c1-7-21(25-14-13-23-16-25)8-2-17(1)15-24-20-5-3-18(4-6-20)19-9-11-22-12-10-19/h1-16H/b24-15+. The van der Waals surface area contributed by atoms with Crippen LogP contribution in [0.4, 0.5) is 5.69 Å². The molecular formula is C21H16N4. The highest BCUT2D eigenvalue weighted by atomic mass is 15.0. The van der Waals surface area contributed by atoms with Gasteiger partial charge in [0.05, 0.1) is 12.0 Å². The van der Waals surface area contributed by atoms with Gasteiger partial charge in [0.2, 0.25) is 0 Å². The lowest BCUT2D eigenvalue weighted by molar-refractivity contribution is 1.06. The van der Waals surface area contributed by atoms with Crippen molar-refractivity contribution in [3.63, 3.8) is 0 Å². The van der Waals surface area contributed by atoms with E-state index in [0.717, 1.165) is 28.1 Å². The highest BCUT2D eigenvalue weighted by molar-refractivity contribution is 5.82. The van der Waals surface area contributed by atoms with Crippen LogP contribution in [0.2, 0.25) is 0 Å². The lowest BCUT2D eigenvalue weighted by atomic mass is 10.1. The Morgan fingerprint density at radius 3 is 2.12 bits per heavy atom. The Labute approximate surface area is 146 Å². The maximum atomic E-state index is 4.55. The molecule has 0 amide bonds. The van der Waals surface area contributed by atoms with Gasteiger partial charge in [-0.15, -0.1) is 0 Å². The number of hydrogen-bond acceptors (Lipinski definition) is 3. The first-order chi connectivity index (χ1) is 12.4. The van der Waals surface area contributed by atoms with Gasteiger partial charge in [-0.3, -0.25) is 9.98 Å². The molecule has 0 saturated heterocycles. The summed E-state index contributed by atoms with van der Waals surface area (Å²) >= 11 is 0. The predicted molar refractivity (Wildman–Crippen MR) is 100 cm³/mol. The quantitative estimate of drug-likeness (QED) is 0.511. The van der Waals surface area contributed by atoms with Crippen LogP contribution in [0.1, 0.15) is 5.56 Å². The first-order valence-corrected chi connectivity index (χ1v) is 8.01. The number of benzene rings is 2. The predicted octanol–water partition coefficient (Wildman–Crippen LogP) is 4.68. The molecule has 0 saturated carbocycles. The van der Waals surface area contributed by atoms with Gasteiger partial charge in [0.1, 0.15) is 0 Å². The van der Waals surface area contributed by atoms with Crippen LogP contribution in [-0.4, -0.2) is 20.7 Å². The van der Waals surface area contributed by atoms with Crippen LogP contribution >= 0.6 is 0 Å². The largest absolute Gasteiger partial charge is 0.306 e. The second-order valence-corrected chi connectivity index (χ2v) is 5.60. The fraction of sp³-hybridized carbons (Fsp3) is 0. The summed E-state index contributed by atoms with van der Waals surface area (Å²) in [6.45, 7) is 0. The first kappa shape index (κ1) is 15.0. The molecule has 4 nitrogen and oxygen atoms in total. The normalized spacial score (nSPS) is 11.0.